The van der Waals surface area contributed by atoms with E-state index in [0.29, 0.717) is 11.3 Å². The van der Waals surface area contributed by atoms with Crippen LogP contribution in [0.4, 0.5) is 9.59 Å². The van der Waals surface area contributed by atoms with Gasteiger partial charge in [-0.1, -0.05) is 26.0 Å². The predicted octanol–water partition coefficient (Wildman–Crippen LogP) is 3.97. The molecule has 0 bridgehead atoms. The molecule has 1 amide bonds. The van der Waals surface area contributed by atoms with E-state index in [1.54, 1.807) is 65.9 Å². The van der Waals surface area contributed by atoms with E-state index >= 15 is 0 Å². The van der Waals surface area contributed by atoms with Gasteiger partial charge in [-0.25, -0.2) is 19.1 Å². The van der Waals surface area contributed by atoms with Gasteiger partial charge in [0.25, 0.3) is 0 Å². The highest BCUT2D eigenvalue weighted by atomic mass is 16.6. The third-order valence-corrected chi connectivity index (χ3v) is 4.32. The second kappa shape index (κ2) is 9.63. The Kier molecular flexibility index (Phi) is 7.43. The number of carboxylic acid groups (broad SMARTS) is 1. The van der Waals surface area contributed by atoms with E-state index in [9.17, 15) is 19.5 Å². The lowest BCUT2D eigenvalue weighted by atomic mass is 9.97. The molecule has 1 atom stereocenters. The van der Waals surface area contributed by atoms with E-state index in [1.807, 2.05) is 0 Å². The number of hydrogen-bond donors (Lipinski definition) is 1. The Morgan fingerprint density at radius 1 is 1.16 bits per heavy atom. The summed E-state index contributed by atoms with van der Waals surface area (Å²) in [5.41, 5.74) is 0.0379. The van der Waals surface area contributed by atoms with Gasteiger partial charge in [0.05, 0.1) is 11.8 Å². The zero-order valence-electron chi connectivity index (χ0n) is 18.7. The van der Waals surface area contributed by atoms with Crippen LogP contribution in [0.5, 0.6) is 5.75 Å². The van der Waals surface area contributed by atoms with Crippen LogP contribution in [-0.2, 0) is 9.53 Å². The van der Waals surface area contributed by atoms with Crippen LogP contribution in [0.15, 0.2) is 36.7 Å². The van der Waals surface area contributed by atoms with E-state index in [0.717, 1.165) is 4.57 Å². The number of imidazole rings is 1. The van der Waals surface area contributed by atoms with Gasteiger partial charge >= 0.3 is 18.2 Å². The third-order valence-electron chi connectivity index (χ3n) is 4.32. The summed E-state index contributed by atoms with van der Waals surface area (Å²) < 4.78 is 11.7. The quantitative estimate of drug-likeness (QED) is 0.544. The number of likely N-dealkylation sites (N-methyl/N-ethyl adjacent to an activating group) is 1. The number of benzene rings is 1. The molecule has 31 heavy (non-hydrogen) atoms. The molecule has 1 N–H and O–H groups in total. The first-order valence-corrected chi connectivity index (χ1v) is 9.91. The molecule has 1 aromatic carbocycles. The van der Waals surface area contributed by atoms with Gasteiger partial charge in [-0.05, 0) is 38.5 Å². The van der Waals surface area contributed by atoms with Crippen molar-refractivity contribution < 1.29 is 29.0 Å². The van der Waals surface area contributed by atoms with Crippen LogP contribution in [0.3, 0.4) is 0 Å². The summed E-state index contributed by atoms with van der Waals surface area (Å²) >= 11 is 0. The maximum Gasteiger partial charge on any atom is 0.417 e. The van der Waals surface area contributed by atoms with Crippen molar-refractivity contribution in [3.63, 3.8) is 0 Å². The zero-order chi connectivity index (χ0) is 23.3. The summed E-state index contributed by atoms with van der Waals surface area (Å²) in [6.45, 7) is 8.92. The first kappa shape index (κ1) is 23.9. The lowest BCUT2D eigenvalue weighted by Gasteiger charge is -2.27. The number of ether oxygens (including phenoxy) is 2. The van der Waals surface area contributed by atoms with Gasteiger partial charge < -0.3 is 19.5 Å². The molecule has 0 aliphatic carbocycles. The Hall–Kier alpha value is -3.36. The second-order valence-electron chi connectivity index (χ2n) is 8.50. The predicted molar refractivity (Wildman–Crippen MR) is 113 cm³/mol. The maximum absolute atomic E-state index is 12.5. The monoisotopic (exact) mass is 431 g/mol. The summed E-state index contributed by atoms with van der Waals surface area (Å²) in [5.74, 6) is -0.537. The fourth-order valence-electron chi connectivity index (χ4n) is 2.76. The SMILES string of the molecule is CC(C)C(=O)Oc1ccc(C(CN(C)C(=O)OC(C)(C)C)c2nccn2C(=O)O)cc1. The molecular weight excluding hydrogens is 402 g/mol. The minimum atomic E-state index is -1.18. The standard InChI is InChI=1S/C22H29N3O6/c1-14(2)19(26)30-16-9-7-15(8-10-16)17(18-23-11-12-25(18)20(27)28)13-24(6)21(29)31-22(3,4)5/h7-12,14,17H,13H2,1-6H3,(H,27,28). The van der Waals surface area contributed by atoms with Crippen molar-refractivity contribution in [3.8, 4) is 5.75 Å². The Morgan fingerprint density at radius 2 is 1.77 bits per heavy atom. The van der Waals surface area contributed by atoms with Crippen LogP contribution in [-0.4, -0.2) is 56.9 Å². The van der Waals surface area contributed by atoms with Gasteiger partial charge in [-0.2, -0.15) is 0 Å². The number of hydrogen-bond acceptors (Lipinski definition) is 6. The van der Waals surface area contributed by atoms with E-state index in [1.165, 1.54) is 17.3 Å². The van der Waals surface area contributed by atoms with E-state index in [2.05, 4.69) is 4.98 Å². The Balaban J connectivity index is 2.34. The summed E-state index contributed by atoms with van der Waals surface area (Å²) in [6, 6.07) is 6.70. The average Bonchev–Trinajstić information content (AvgIpc) is 3.15. The molecule has 9 heteroatoms. The normalized spacial score (nSPS) is 12.4. The molecule has 0 saturated carbocycles. The van der Waals surface area contributed by atoms with Crippen molar-refractivity contribution in [1.82, 2.24) is 14.5 Å². The molecule has 1 unspecified atom stereocenters. The van der Waals surface area contributed by atoms with Crippen molar-refractivity contribution in [3.05, 3.63) is 48.0 Å². The molecule has 2 aromatic rings. The van der Waals surface area contributed by atoms with E-state index < -0.39 is 23.7 Å². The number of nitrogens with zero attached hydrogens (tertiary/aromatic N) is 3. The van der Waals surface area contributed by atoms with Crippen LogP contribution < -0.4 is 4.74 Å². The first-order valence-electron chi connectivity index (χ1n) is 9.91. The molecule has 9 nitrogen and oxygen atoms in total. The number of esters is 1. The Morgan fingerprint density at radius 3 is 2.29 bits per heavy atom. The largest absolute Gasteiger partial charge is 0.464 e. The maximum atomic E-state index is 12.5. The van der Waals surface area contributed by atoms with Crippen molar-refractivity contribution in [2.24, 2.45) is 5.92 Å². The molecule has 0 aliphatic heterocycles. The second-order valence-corrected chi connectivity index (χ2v) is 8.50. The number of aromatic nitrogens is 2. The van der Waals surface area contributed by atoms with Gasteiger partial charge in [0.15, 0.2) is 0 Å². The topological polar surface area (TPSA) is 111 Å². The average molecular weight is 431 g/mol. The summed E-state index contributed by atoms with van der Waals surface area (Å²) in [4.78, 5) is 41.5. The smallest absolute Gasteiger partial charge is 0.417 e. The molecule has 0 aliphatic rings. The highest BCUT2D eigenvalue weighted by Gasteiger charge is 2.27. The van der Waals surface area contributed by atoms with Gasteiger partial charge in [0.2, 0.25) is 0 Å². The molecule has 1 heterocycles. The highest BCUT2D eigenvalue weighted by molar-refractivity contribution is 5.74. The van der Waals surface area contributed by atoms with Crippen molar-refractivity contribution in [1.29, 1.82) is 0 Å². The van der Waals surface area contributed by atoms with Crippen LogP contribution in [0, 0.1) is 5.92 Å². The van der Waals surface area contributed by atoms with Crippen molar-refractivity contribution in [2.45, 2.75) is 46.1 Å². The lowest BCUT2D eigenvalue weighted by Crippen LogP contribution is -2.37. The summed E-state index contributed by atoms with van der Waals surface area (Å²) in [5, 5.41) is 9.50. The van der Waals surface area contributed by atoms with Crippen LogP contribution >= 0.6 is 0 Å². The highest BCUT2D eigenvalue weighted by Crippen LogP contribution is 2.27. The molecule has 0 radical (unpaired) electrons. The van der Waals surface area contributed by atoms with Crippen LogP contribution in [0.1, 0.15) is 51.9 Å². The fraction of sp³-hybridized carbons (Fsp3) is 0.455. The van der Waals surface area contributed by atoms with E-state index in [-0.39, 0.29) is 24.3 Å². The number of amides is 1. The number of rotatable bonds is 6. The number of carbonyl (C=O) groups excluding carboxylic acids is 2. The van der Waals surface area contributed by atoms with Gasteiger partial charge in [0.1, 0.15) is 17.2 Å². The molecular formula is C22H29N3O6. The van der Waals surface area contributed by atoms with Crippen LogP contribution in [0.2, 0.25) is 0 Å². The van der Waals surface area contributed by atoms with Gasteiger partial charge in [-0.3, -0.25) is 4.79 Å². The third kappa shape index (κ3) is 6.56. The Labute approximate surface area is 181 Å². The number of carbonyl (C=O) groups is 3. The lowest BCUT2D eigenvalue weighted by molar-refractivity contribution is -0.137. The van der Waals surface area contributed by atoms with Gasteiger partial charge in [0, 0.05) is 26.0 Å². The minimum absolute atomic E-state index is 0.129. The molecule has 0 saturated heterocycles. The fourth-order valence-corrected chi connectivity index (χ4v) is 2.76. The summed E-state index contributed by atoms with van der Waals surface area (Å²) in [6.07, 6.45) is 1.02. The summed E-state index contributed by atoms with van der Waals surface area (Å²) in [7, 11) is 1.58. The first-order chi connectivity index (χ1) is 14.4. The van der Waals surface area contributed by atoms with Crippen LogP contribution in [0.25, 0.3) is 0 Å². The minimum Gasteiger partial charge on any atom is -0.464 e. The molecule has 2 rings (SSSR count). The molecule has 0 spiro atoms. The van der Waals surface area contributed by atoms with E-state index in [4.69, 9.17) is 9.47 Å². The van der Waals surface area contributed by atoms with Gasteiger partial charge in [-0.15, -0.1) is 0 Å². The molecule has 0 fully saturated rings. The molecule has 168 valence electrons. The zero-order valence-corrected chi connectivity index (χ0v) is 18.7. The molecule has 1 aromatic heterocycles. The van der Waals surface area contributed by atoms with Crippen molar-refractivity contribution in [2.75, 3.05) is 13.6 Å². The Bertz CT molecular complexity index is 927. The van der Waals surface area contributed by atoms with Crippen molar-refractivity contribution >= 4 is 18.2 Å².